The van der Waals surface area contributed by atoms with Crippen molar-refractivity contribution < 1.29 is 15.0 Å². The predicted octanol–water partition coefficient (Wildman–Crippen LogP) is 2.78. The van der Waals surface area contributed by atoms with Crippen LogP contribution in [0.1, 0.15) is 48.5 Å². The van der Waals surface area contributed by atoms with Crippen molar-refractivity contribution in [2.75, 3.05) is 0 Å². The fourth-order valence-corrected chi connectivity index (χ4v) is 1.15. The van der Waals surface area contributed by atoms with Gasteiger partial charge in [0.1, 0.15) is 0 Å². The van der Waals surface area contributed by atoms with Crippen molar-refractivity contribution in [1.82, 2.24) is 0 Å². The van der Waals surface area contributed by atoms with Crippen molar-refractivity contribution in [1.29, 1.82) is 0 Å². The summed E-state index contributed by atoms with van der Waals surface area (Å²) in [5.41, 5.74) is 0.230. The molecular formula is C12H26O3. The van der Waals surface area contributed by atoms with Gasteiger partial charge in [-0.05, 0) is 24.2 Å². The van der Waals surface area contributed by atoms with Gasteiger partial charge in [0, 0.05) is 6.92 Å². The molecule has 0 aliphatic heterocycles. The predicted molar refractivity (Wildman–Crippen MR) is 62.8 cm³/mol. The van der Waals surface area contributed by atoms with Crippen LogP contribution in [-0.2, 0) is 4.79 Å². The van der Waals surface area contributed by atoms with Crippen molar-refractivity contribution in [3.8, 4) is 0 Å². The number of hydrogen-bond acceptors (Lipinski definition) is 2. The summed E-state index contributed by atoms with van der Waals surface area (Å²) in [6, 6.07) is 0. The lowest BCUT2D eigenvalue weighted by molar-refractivity contribution is -0.134. The highest BCUT2D eigenvalue weighted by atomic mass is 16.4. The maximum atomic E-state index is 9.41. The third-order valence-corrected chi connectivity index (χ3v) is 3.39. The van der Waals surface area contributed by atoms with Crippen LogP contribution in [0.25, 0.3) is 0 Å². The normalized spacial score (nSPS) is 15.3. The summed E-state index contributed by atoms with van der Waals surface area (Å²) in [4.78, 5) is 9.00. The standard InChI is InChI=1S/C10H22O.C2H4O2/c1-7(2)10(5,6)8(3)9(4)11;1-2(3)4/h7-9,11H,1-6H3;1H3,(H,3,4). The van der Waals surface area contributed by atoms with Crippen molar-refractivity contribution >= 4 is 5.97 Å². The van der Waals surface area contributed by atoms with Crippen molar-refractivity contribution in [3.05, 3.63) is 0 Å². The van der Waals surface area contributed by atoms with E-state index < -0.39 is 5.97 Å². The van der Waals surface area contributed by atoms with E-state index >= 15 is 0 Å². The van der Waals surface area contributed by atoms with Crippen LogP contribution in [0.3, 0.4) is 0 Å². The minimum absolute atomic E-state index is 0.201. The highest BCUT2D eigenvalue weighted by molar-refractivity contribution is 5.62. The molecule has 0 saturated heterocycles. The lowest BCUT2D eigenvalue weighted by atomic mass is 9.70. The monoisotopic (exact) mass is 218 g/mol. The van der Waals surface area contributed by atoms with Crippen LogP contribution in [0.4, 0.5) is 0 Å². The molecule has 0 aromatic rings. The van der Waals surface area contributed by atoms with E-state index in [2.05, 4.69) is 34.6 Å². The molecule has 15 heavy (non-hydrogen) atoms. The average Bonchev–Trinajstić information content (AvgIpc) is 2.01. The molecule has 0 amide bonds. The zero-order chi connectivity index (χ0) is 12.8. The highest BCUT2D eigenvalue weighted by Crippen LogP contribution is 2.36. The molecule has 92 valence electrons. The molecule has 0 aromatic heterocycles. The van der Waals surface area contributed by atoms with Gasteiger partial charge < -0.3 is 10.2 Å². The zero-order valence-electron chi connectivity index (χ0n) is 11.0. The van der Waals surface area contributed by atoms with E-state index in [1.54, 1.807) is 0 Å². The summed E-state index contributed by atoms with van der Waals surface area (Å²) < 4.78 is 0. The van der Waals surface area contributed by atoms with Gasteiger partial charge in [0.15, 0.2) is 0 Å². The first kappa shape index (κ1) is 16.8. The van der Waals surface area contributed by atoms with Gasteiger partial charge in [-0.2, -0.15) is 0 Å². The third kappa shape index (κ3) is 7.37. The lowest BCUT2D eigenvalue weighted by Gasteiger charge is -2.37. The smallest absolute Gasteiger partial charge is 0.300 e. The number of aliphatic carboxylic acids is 1. The van der Waals surface area contributed by atoms with Crippen molar-refractivity contribution in [2.24, 2.45) is 17.3 Å². The molecule has 0 aliphatic carbocycles. The number of hydrogen-bond donors (Lipinski definition) is 2. The Labute approximate surface area is 93.5 Å². The molecule has 2 atom stereocenters. The van der Waals surface area contributed by atoms with E-state index in [1.165, 1.54) is 0 Å². The molecule has 3 heteroatoms. The van der Waals surface area contributed by atoms with Gasteiger partial charge in [-0.1, -0.05) is 34.6 Å². The minimum atomic E-state index is -0.833. The molecule has 0 rings (SSSR count). The van der Waals surface area contributed by atoms with E-state index in [1.807, 2.05) is 6.92 Å². The van der Waals surface area contributed by atoms with Gasteiger partial charge in [-0.3, -0.25) is 4.79 Å². The molecule has 0 aliphatic rings. The lowest BCUT2D eigenvalue weighted by Crippen LogP contribution is -2.34. The van der Waals surface area contributed by atoms with Gasteiger partial charge in [0.2, 0.25) is 0 Å². The topological polar surface area (TPSA) is 57.5 Å². The SMILES string of the molecule is CC(=O)O.CC(O)C(C)C(C)(C)C(C)C. The van der Waals surface area contributed by atoms with Crippen LogP contribution >= 0.6 is 0 Å². The van der Waals surface area contributed by atoms with Crippen molar-refractivity contribution in [2.45, 2.75) is 54.6 Å². The Morgan fingerprint density at radius 1 is 1.13 bits per heavy atom. The molecule has 0 fully saturated rings. The van der Waals surface area contributed by atoms with E-state index in [4.69, 9.17) is 9.90 Å². The summed E-state index contributed by atoms with van der Waals surface area (Å²) in [5, 5.41) is 16.8. The molecule has 0 radical (unpaired) electrons. The Morgan fingerprint density at radius 2 is 1.40 bits per heavy atom. The number of aliphatic hydroxyl groups is 1. The minimum Gasteiger partial charge on any atom is -0.481 e. The Morgan fingerprint density at radius 3 is 1.47 bits per heavy atom. The van der Waals surface area contributed by atoms with Crippen LogP contribution in [-0.4, -0.2) is 22.3 Å². The van der Waals surface area contributed by atoms with E-state index in [0.717, 1.165) is 6.92 Å². The average molecular weight is 218 g/mol. The molecule has 2 unspecified atom stereocenters. The number of aliphatic hydroxyl groups excluding tert-OH is 1. The molecule has 0 heterocycles. The maximum absolute atomic E-state index is 9.41. The van der Waals surface area contributed by atoms with Crippen LogP contribution in [0.15, 0.2) is 0 Å². The Hall–Kier alpha value is -0.570. The Bertz CT molecular complexity index is 179. The van der Waals surface area contributed by atoms with Crippen LogP contribution in [0.5, 0.6) is 0 Å². The van der Waals surface area contributed by atoms with E-state index in [-0.39, 0.29) is 11.5 Å². The number of rotatable bonds is 3. The molecule has 0 aromatic carbocycles. The second kappa shape index (κ2) is 6.83. The molecule has 3 nitrogen and oxygen atoms in total. The van der Waals surface area contributed by atoms with E-state index in [9.17, 15) is 5.11 Å². The summed E-state index contributed by atoms with van der Waals surface area (Å²) in [6.45, 7) is 13.9. The third-order valence-electron chi connectivity index (χ3n) is 3.39. The molecule has 2 N–H and O–H groups in total. The fourth-order valence-electron chi connectivity index (χ4n) is 1.15. The number of carboxylic acid groups (broad SMARTS) is 1. The Balaban J connectivity index is 0. The van der Waals surface area contributed by atoms with Crippen LogP contribution in [0, 0.1) is 17.3 Å². The van der Waals surface area contributed by atoms with Crippen molar-refractivity contribution in [3.63, 3.8) is 0 Å². The number of carbonyl (C=O) groups is 1. The summed E-state index contributed by atoms with van der Waals surface area (Å²) in [6.07, 6.45) is -0.201. The summed E-state index contributed by atoms with van der Waals surface area (Å²) in [7, 11) is 0. The molecule has 0 spiro atoms. The van der Waals surface area contributed by atoms with Crippen LogP contribution < -0.4 is 0 Å². The maximum Gasteiger partial charge on any atom is 0.300 e. The molecule has 0 saturated carbocycles. The molecular weight excluding hydrogens is 192 g/mol. The van der Waals surface area contributed by atoms with Crippen LogP contribution in [0.2, 0.25) is 0 Å². The van der Waals surface area contributed by atoms with E-state index in [0.29, 0.717) is 11.8 Å². The van der Waals surface area contributed by atoms with Gasteiger partial charge in [0.25, 0.3) is 5.97 Å². The summed E-state index contributed by atoms with van der Waals surface area (Å²) in [5.74, 6) is 0.148. The largest absolute Gasteiger partial charge is 0.481 e. The van der Waals surface area contributed by atoms with Gasteiger partial charge in [0.05, 0.1) is 6.10 Å². The number of carboxylic acids is 1. The summed E-state index contributed by atoms with van der Waals surface area (Å²) >= 11 is 0. The second-order valence-corrected chi connectivity index (χ2v) is 5.02. The quantitative estimate of drug-likeness (QED) is 0.765. The fraction of sp³-hybridized carbons (Fsp3) is 0.917. The first-order chi connectivity index (χ1) is 6.53. The Kier molecular flexibility index (Phi) is 7.67. The van der Waals surface area contributed by atoms with Gasteiger partial charge in [-0.25, -0.2) is 0 Å². The first-order valence-corrected chi connectivity index (χ1v) is 5.41. The first-order valence-electron chi connectivity index (χ1n) is 5.41. The molecule has 0 bridgehead atoms. The van der Waals surface area contributed by atoms with Gasteiger partial charge in [-0.15, -0.1) is 0 Å². The highest BCUT2D eigenvalue weighted by Gasteiger charge is 2.31. The second-order valence-electron chi connectivity index (χ2n) is 5.02. The van der Waals surface area contributed by atoms with Gasteiger partial charge >= 0.3 is 0 Å². The zero-order valence-corrected chi connectivity index (χ0v) is 11.0.